The van der Waals surface area contributed by atoms with Crippen LogP contribution in [-0.4, -0.2) is 28.8 Å². The van der Waals surface area contributed by atoms with Gasteiger partial charge >= 0.3 is 0 Å². The van der Waals surface area contributed by atoms with E-state index < -0.39 is 0 Å². The van der Waals surface area contributed by atoms with E-state index in [0.29, 0.717) is 18.0 Å². The van der Waals surface area contributed by atoms with Crippen LogP contribution < -0.4 is 14.8 Å². The van der Waals surface area contributed by atoms with Gasteiger partial charge in [-0.3, -0.25) is 0 Å². The van der Waals surface area contributed by atoms with Crippen LogP contribution in [0.2, 0.25) is 0 Å². The van der Waals surface area contributed by atoms with Crippen LogP contribution in [-0.2, 0) is 6.54 Å². The van der Waals surface area contributed by atoms with E-state index in [1.807, 2.05) is 53.0 Å². The second kappa shape index (κ2) is 9.27. The first kappa shape index (κ1) is 21.5. The summed E-state index contributed by atoms with van der Waals surface area (Å²) in [6.45, 7) is 2.78. The van der Waals surface area contributed by atoms with Gasteiger partial charge in [-0.1, -0.05) is 60.2 Å². The number of nitrogens with one attached hydrogen (secondary N) is 1. The molecule has 0 amide bonds. The largest absolute Gasteiger partial charge is 0.497 e. The molecule has 0 aliphatic carbocycles. The van der Waals surface area contributed by atoms with Gasteiger partial charge in [-0.25, -0.2) is 4.98 Å². The summed E-state index contributed by atoms with van der Waals surface area (Å²) >= 11 is 0. The zero-order valence-corrected chi connectivity index (χ0v) is 19.4. The van der Waals surface area contributed by atoms with Gasteiger partial charge in [0.1, 0.15) is 17.3 Å². The Morgan fingerprint density at radius 2 is 1.53 bits per heavy atom. The van der Waals surface area contributed by atoms with E-state index in [-0.39, 0.29) is 0 Å². The summed E-state index contributed by atoms with van der Waals surface area (Å²) in [7, 11) is 3.28. The molecule has 6 nitrogen and oxygen atoms in total. The summed E-state index contributed by atoms with van der Waals surface area (Å²) in [5.41, 5.74) is 6.81. The second-order valence-corrected chi connectivity index (χ2v) is 8.14. The van der Waals surface area contributed by atoms with Gasteiger partial charge in [-0.05, 0) is 24.6 Å². The van der Waals surface area contributed by atoms with Gasteiger partial charge in [0.15, 0.2) is 5.65 Å². The number of nitrogens with zero attached hydrogens (tertiary/aromatic N) is 3. The zero-order chi connectivity index (χ0) is 23.5. The molecule has 34 heavy (non-hydrogen) atoms. The molecular formula is C28H26N4O2. The molecule has 0 saturated carbocycles. The fraction of sp³-hybridized carbons (Fsp3) is 0.143. The summed E-state index contributed by atoms with van der Waals surface area (Å²) in [6, 6.07) is 28.4. The predicted octanol–water partition coefficient (Wildman–Crippen LogP) is 6.00. The molecule has 0 aliphatic rings. The standard InChI is InChI=1S/C28H26N4O2/c1-19-8-7-9-20(12-19)18-29-27-16-25(21-10-5-4-6-11-21)30-28-17-26(31-32(27)28)22-13-23(33-2)15-24(14-22)34-3/h4-17,29H,18H2,1-3H3. The Hall–Kier alpha value is -4.32. The van der Waals surface area contributed by atoms with Gasteiger partial charge < -0.3 is 14.8 Å². The highest BCUT2D eigenvalue weighted by Gasteiger charge is 2.14. The fourth-order valence-corrected chi connectivity index (χ4v) is 3.97. The molecule has 3 aromatic carbocycles. The van der Waals surface area contributed by atoms with Crippen LogP contribution in [0.4, 0.5) is 5.82 Å². The number of aromatic nitrogens is 3. The van der Waals surface area contributed by atoms with E-state index in [0.717, 1.165) is 34.0 Å². The van der Waals surface area contributed by atoms with Crippen molar-refractivity contribution < 1.29 is 9.47 Å². The van der Waals surface area contributed by atoms with E-state index >= 15 is 0 Å². The number of ether oxygens (including phenoxy) is 2. The van der Waals surface area contributed by atoms with Crippen molar-refractivity contribution in [2.45, 2.75) is 13.5 Å². The Morgan fingerprint density at radius 3 is 2.24 bits per heavy atom. The van der Waals surface area contributed by atoms with Crippen molar-refractivity contribution in [3.63, 3.8) is 0 Å². The minimum atomic E-state index is 0.678. The number of fused-ring (bicyclic) bond motifs is 1. The van der Waals surface area contributed by atoms with Crippen LogP contribution in [0.15, 0.2) is 84.9 Å². The van der Waals surface area contributed by atoms with Crippen molar-refractivity contribution in [3.8, 4) is 34.0 Å². The SMILES string of the molecule is COc1cc(OC)cc(-c2cc3nc(-c4ccccc4)cc(NCc4cccc(C)c4)n3n2)c1. The maximum absolute atomic E-state index is 5.45. The average molecular weight is 451 g/mol. The van der Waals surface area contributed by atoms with Crippen molar-refractivity contribution in [3.05, 3.63) is 96.1 Å². The summed E-state index contributed by atoms with van der Waals surface area (Å²) in [4.78, 5) is 4.90. The lowest BCUT2D eigenvalue weighted by molar-refractivity contribution is 0.394. The average Bonchev–Trinajstić information content (AvgIpc) is 3.32. The zero-order valence-electron chi connectivity index (χ0n) is 19.4. The molecule has 0 fully saturated rings. The number of hydrogen-bond donors (Lipinski definition) is 1. The Bertz CT molecular complexity index is 1420. The summed E-state index contributed by atoms with van der Waals surface area (Å²) in [5.74, 6) is 2.29. The van der Waals surface area contributed by atoms with Gasteiger partial charge in [0.05, 0.1) is 25.6 Å². The van der Waals surface area contributed by atoms with E-state index in [1.54, 1.807) is 14.2 Å². The van der Waals surface area contributed by atoms with Crippen LogP contribution in [0.1, 0.15) is 11.1 Å². The summed E-state index contributed by atoms with van der Waals surface area (Å²) < 4.78 is 12.7. The molecule has 5 aromatic rings. The Morgan fingerprint density at radius 1 is 0.765 bits per heavy atom. The van der Waals surface area contributed by atoms with Crippen molar-refractivity contribution in [1.29, 1.82) is 0 Å². The number of anilines is 1. The number of hydrogen-bond acceptors (Lipinski definition) is 5. The topological polar surface area (TPSA) is 60.7 Å². The molecule has 0 radical (unpaired) electrons. The number of aryl methyl sites for hydroxylation is 1. The van der Waals surface area contributed by atoms with Crippen LogP contribution in [0, 0.1) is 6.92 Å². The van der Waals surface area contributed by atoms with Gasteiger partial charge in [0.25, 0.3) is 0 Å². The van der Waals surface area contributed by atoms with Crippen molar-refractivity contribution in [1.82, 2.24) is 14.6 Å². The quantitative estimate of drug-likeness (QED) is 0.329. The van der Waals surface area contributed by atoms with E-state index in [1.165, 1.54) is 11.1 Å². The molecule has 0 unspecified atom stereocenters. The maximum atomic E-state index is 5.45. The van der Waals surface area contributed by atoms with Crippen molar-refractivity contribution in [2.24, 2.45) is 0 Å². The minimum absolute atomic E-state index is 0.678. The molecule has 0 atom stereocenters. The lowest BCUT2D eigenvalue weighted by Crippen LogP contribution is -2.07. The molecule has 170 valence electrons. The molecule has 2 aromatic heterocycles. The van der Waals surface area contributed by atoms with Crippen LogP contribution in [0.5, 0.6) is 11.5 Å². The van der Waals surface area contributed by atoms with Gasteiger partial charge in [0, 0.05) is 35.9 Å². The monoisotopic (exact) mass is 450 g/mol. The smallest absolute Gasteiger partial charge is 0.158 e. The number of benzene rings is 3. The lowest BCUT2D eigenvalue weighted by Gasteiger charge is -2.11. The van der Waals surface area contributed by atoms with Gasteiger partial charge in [0.2, 0.25) is 0 Å². The van der Waals surface area contributed by atoms with Gasteiger partial charge in [-0.2, -0.15) is 9.61 Å². The minimum Gasteiger partial charge on any atom is -0.497 e. The molecule has 2 heterocycles. The number of methoxy groups -OCH3 is 2. The normalized spacial score (nSPS) is 10.9. The highest BCUT2D eigenvalue weighted by Crippen LogP contribution is 2.31. The highest BCUT2D eigenvalue weighted by molar-refractivity contribution is 5.72. The molecule has 0 bridgehead atoms. The van der Waals surface area contributed by atoms with Crippen LogP contribution in [0.3, 0.4) is 0 Å². The summed E-state index contributed by atoms with van der Waals surface area (Å²) in [5, 5.41) is 8.44. The fourth-order valence-electron chi connectivity index (χ4n) is 3.97. The Balaban J connectivity index is 1.60. The third-order valence-corrected chi connectivity index (χ3v) is 5.70. The third-order valence-electron chi connectivity index (χ3n) is 5.70. The molecule has 5 rings (SSSR count). The third kappa shape index (κ3) is 4.43. The van der Waals surface area contributed by atoms with Gasteiger partial charge in [-0.15, -0.1) is 0 Å². The first-order valence-corrected chi connectivity index (χ1v) is 11.1. The molecule has 0 saturated heterocycles. The van der Waals surface area contributed by atoms with E-state index in [4.69, 9.17) is 19.6 Å². The second-order valence-electron chi connectivity index (χ2n) is 8.14. The molecule has 0 spiro atoms. The summed E-state index contributed by atoms with van der Waals surface area (Å²) in [6.07, 6.45) is 0. The van der Waals surface area contributed by atoms with E-state index in [2.05, 4.69) is 48.6 Å². The Labute approximate surface area is 198 Å². The van der Waals surface area contributed by atoms with Crippen LogP contribution >= 0.6 is 0 Å². The maximum Gasteiger partial charge on any atom is 0.158 e. The highest BCUT2D eigenvalue weighted by atomic mass is 16.5. The number of rotatable bonds is 7. The molecule has 6 heteroatoms. The first-order chi connectivity index (χ1) is 16.6. The molecular weight excluding hydrogens is 424 g/mol. The van der Waals surface area contributed by atoms with E-state index in [9.17, 15) is 0 Å². The lowest BCUT2D eigenvalue weighted by atomic mass is 10.1. The van der Waals surface area contributed by atoms with Crippen LogP contribution in [0.25, 0.3) is 28.2 Å². The molecule has 0 aliphatic heterocycles. The molecule has 1 N–H and O–H groups in total. The first-order valence-electron chi connectivity index (χ1n) is 11.1. The van der Waals surface area contributed by atoms with Crippen molar-refractivity contribution in [2.75, 3.05) is 19.5 Å². The Kier molecular flexibility index (Phi) is 5.87. The van der Waals surface area contributed by atoms with Crippen molar-refractivity contribution >= 4 is 11.5 Å². The predicted molar refractivity (Wildman–Crippen MR) is 135 cm³/mol.